The first-order chi connectivity index (χ1) is 18.5. The van der Waals surface area contributed by atoms with E-state index in [4.69, 9.17) is 9.97 Å². The fourth-order valence-electron chi connectivity index (χ4n) is 4.66. The molecular weight excluding hydrogens is 514 g/mol. The molecule has 4 N–H and O–H groups in total. The molecule has 0 radical (unpaired) electrons. The molecule has 3 heterocycles. The summed E-state index contributed by atoms with van der Waals surface area (Å²) in [5, 5.41) is 9.74. The number of nitrogens with one attached hydrogen (secondary N) is 4. The second kappa shape index (κ2) is 10.5. The van der Waals surface area contributed by atoms with Crippen LogP contribution >= 0.6 is 0 Å². The number of hydrogen-bond donors (Lipinski definition) is 4. The number of rotatable bonds is 7. The molecule has 0 atom stereocenters. The molecule has 0 aliphatic carbocycles. The van der Waals surface area contributed by atoms with Crippen LogP contribution in [0.5, 0.6) is 0 Å². The molecule has 1 saturated heterocycles. The van der Waals surface area contributed by atoms with Gasteiger partial charge in [-0.25, -0.2) is 13.4 Å². The number of benzene rings is 2. The van der Waals surface area contributed by atoms with E-state index in [9.17, 15) is 13.2 Å². The lowest BCUT2D eigenvalue weighted by molar-refractivity contribution is -0.115. The van der Waals surface area contributed by atoms with E-state index in [1.54, 1.807) is 39.0 Å². The molecule has 11 heteroatoms. The molecule has 2 aromatic carbocycles. The van der Waals surface area contributed by atoms with E-state index < -0.39 is 14.8 Å². The maximum atomic E-state index is 12.7. The van der Waals surface area contributed by atoms with E-state index in [0.29, 0.717) is 35.3 Å². The first-order valence-electron chi connectivity index (χ1n) is 13.1. The van der Waals surface area contributed by atoms with Gasteiger partial charge in [-0.05, 0) is 83.6 Å². The van der Waals surface area contributed by atoms with Crippen molar-refractivity contribution in [1.29, 1.82) is 0 Å². The zero-order chi connectivity index (χ0) is 27.8. The molecule has 2 aliphatic rings. The molecule has 1 amide bonds. The number of nitrogens with zero attached hydrogens (tertiary/aromatic N) is 3. The van der Waals surface area contributed by atoms with Crippen molar-refractivity contribution >= 4 is 44.8 Å². The lowest BCUT2D eigenvalue weighted by Gasteiger charge is -2.29. The van der Waals surface area contributed by atoms with Crippen LogP contribution in [0.4, 0.5) is 28.8 Å². The average molecular weight is 550 g/mol. The summed E-state index contributed by atoms with van der Waals surface area (Å²) in [5.74, 6) is 1.02. The molecule has 0 spiro atoms. The smallest absolute Gasteiger partial charge is 0.237 e. The maximum absolute atomic E-state index is 12.7. The number of likely N-dealkylation sites (tertiary alicyclic amines) is 1. The summed E-state index contributed by atoms with van der Waals surface area (Å²) in [5.41, 5.74) is 4.41. The minimum atomic E-state index is -3.57. The van der Waals surface area contributed by atoms with Crippen molar-refractivity contribution in [2.75, 3.05) is 40.8 Å². The van der Waals surface area contributed by atoms with Gasteiger partial charge >= 0.3 is 0 Å². The van der Waals surface area contributed by atoms with Gasteiger partial charge in [0.05, 0.1) is 22.5 Å². The fourth-order valence-corrected chi connectivity index (χ4v) is 5.40. The van der Waals surface area contributed by atoms with E-state index in [1.807, 2.05) is 30.3 Å². The van der Waals surface area contributed by atoms with Crippen molar-refractivity contribution in [3.05, 3.63) is 54.1 Å². The Morgan fingerprint density at radius 2 is 1.72 bits per heavy atom. The largest absolute Gasteiger partial charge is 0.351 e. The highest BCUT2D eigenvalue weighted by Crippen LogP contribution is 2.34. The van der Waals surface area contributed by atoms with E-state index in [0.717, 1.165) is 42.7 Å². The third-order valence-corrected chi connectivity index (χ3v) is 9.15. The molecule has 10 nitrogen and oxygen atoms in total. The normalized spacial score (nSPS) is 16.5. The van der Waals surface area contributed by atoms with Crippen LogP contribution in [0.15, 0.2) is 48.5 Å². The minimum Gasteiger partial charge on any atom is -0.351 e. The summed E-state index contributed by atoms with van der Waals surface area (Å²) in [6, 6.07) is 15.0. The minimum absolute atomic E-state index is 0.0379. The molecule has 206 valence electrons. The third-order valence-electron chi connectivity index (χ3n) is 7.03. The molecule has 0 bridgehead atoms. The number of carbonyl (C=O) groups excluding carboxylic acids is 1. The van der Waals surface area contributed by atoms with Gasteiger partial charge in [0.25, 0.3) is 0 Å². The van der Waals surface area contributed by atoms with Crippen LogP contribution in [0, 0.1) is 0 Å². The van der Waals surface area contributed by atoms with Crippen molar-refractivity contribution < 1.29 is 13.2 Å². The fraction of sp³-hybridized carbons (Fsp3) is 0.393. The van der Waals surface area contributed by atoms with E-state index in [-0.39, 0.29) is 11.9 Å². The summed E-state index contributed by atoms with van der Waals surface area (Å²) in [7, 11) is -1.45. The van der Waals surface area contributed by atoms with Gasteiger partial charge in [0.15, 0.2) is 0 Å². The number of anilines is 5. The van der Waals surface area contributed by atoms with Gasteiger partial charge in [-0.1, -0.05) is 18.2 Å². The Kier molecular flexibility index (Phi) is 7.21. The van der Waals surface area contributed by atoms with Crippen molar-refractivity contribution in [2.45, 2.75) is 50.8 Å². The Morgan fingerprint density at radius 3 is 2.46 bits per heavy atom. The van der Waals surface area contributed by atoms with E-state index >= 15 is 0 Å². The number of fused-ring (bicyclic) bond motifs is 1. The standard InChI is InChI=1S/C28H35N7O3S/c1-28(2,3)39(37,38)34-20-8-5-7-19(15-20)29-25-17-24(21-9-6-10-23-22(21)16-26(36)31-23)32-27(33-25)30-18-11-13-35(4)14-12-18/h5-10,15,17-18,34H,11-14,16H2,1-4H3,(H,31,36)(H2,29,30,32,33). The van der Waals surface area contributed by atoms with Crippen molar-refractivity contribution in [3.63, 3.8) is 0 Å². The summed E-state index contributed by atoms with van der Waals surface area (Å²) in [4.78, 5) is 24.0. The Morgan fingerprint density at radius 1 is 1.00 bits per heavy atom. The predicted molar refractivity (Wildman–Crippen MR) is 156 cm³/mol. The first-order valence-corrected chi connectivity index (χ1v) is 14.6. The predicted octanol–water partition coefficient (Wildman–Crippen LogP) is 4.43. The Bertz CT molecular complexity index is 1490. The maximum Gasteiger partial charge on any atom is 0.237 e. The molecule has 0 saturated carbocycles. The van der Waals surface area contributed by atoms with Crippen LogP contribution in [0.2, 0.25) is 0 Å². The lowest BCUT2D eigenvalue weighted by atomic mass is 10.0. The van der Waals surface area contributed by atoms with Crippen LogP contribution < -0.4 is 20.7 Å². The summed E-state index contributed by atoms with van der Waals surface area (Å²) in [6.07, 6.45) is 2.27. The monoisotopic (exact) mass is 549 g/mol. The van der Waals surface area contributed by atoms with Crippen molar-refractivity contribution in [2.24, 2.45) is 0 Å². The van der Waals surface area contributed by atoms with Crippen molar-refractivity contribution in [3.8, 4) is 11.3 Å². The Labute approximate surface area is 229 Å². The zero-order valence-corrected chi connectivity index (χ0v) is 23.5. The van der Waals surface area contributed by atoms with Crippen molar-refractivity contribution in [1.82, 2.24) is 14.9 Å². The van der Waals surface area contributed by atoms with Crippen LogP contribution in [-0.2, 0) is 21.2 Å². The molecule has 5 rings (SSSR count). The number of amides is 1. The van der Waals surface area contributed by atoms with Gasteiger partial charge in [0.2, 0.25) is 21.9 Å². The van der Waals surface area contributed by atoms with E-state index in [1.165, 1.54) is 0 Å². The molecule has 39 heavy (non-hydrogen) atoms. The first kappa shape index (κ1) is 26.9. The highest BCUT2D eigenvalue weighted by Gasteiger charge is 2.29. The van der Waals surface area contributed by atoms with Gasteiger partial charge < -0.3 is 20.9 Å². The van der Waals surface area contributed by atoms with Gasteiger partial charge in [0.1, 0.15) is 5.82 Å². The summed E-state index contributed by atoms with van der Waals surface area (Å²) >= 11 is 0. The zero-order valence-electron chi connectivity index (χ0n) is 22.7. The van der Waals surface area contributed by atoms with Crippen LogP contribution in [-0.4, -0.2) is 60.1 Å². The Balaban J connectivity index is 1.47. The summed E-state index contributed by atoms with van der Waals surface area (Å²) < 4.78 is 27.1. The van der Waals surface area contributed by atoms with Crippen LogP contribution in [0.1, 0.15) is 39.2 Å². The molecule has 1 aromatic heterocycles. The van der Waals surface area contributed by atoms with Gasteiger partial charge in [-0.2, -0.15) is 4.98 Å². The van der Waals surface area contributed by atoms with Gasteiger partial charge in [0, 0.05) is 29.0 Å². The molecular formula is C28H35N7O3S. The van der Waals surface area contributed by atoms with Crippen LogP contribution in [0.3, 0.4) is 0 Å². The van der Waals surface area contributed by atoms with Gasteiger partial charge in [-0.15, -0.1) is 0 Å². The highest BCUT2D eigenvalue weighted by molar-refractivity contribution is 7.94. The topological polar surface area (TPSA) is 128 Å². The molecule has 3 aromatic rings. The molecule has 2 aliphatic heterocycles. The van der Waals surface area contributed by atoms with Crippen LogP contribution in [0.25, 0.3) is 11.3 Å². The third kappa shape index (κ3) is 6.15. The lowest BCUT2D eigenvalue weighted by Crippen LogP contribution is -2.37. The molecule has 1 fully saturated rings. The average Bonchev–Trinajstić information content (AvgIpc) is 3.25. The Hall–Kier alpha value is -3.70. The number of hydrogen-bond acceptors (Lipinski definition) is 8. The number of aromatic nitrogens is 2. The second-order valence-electron chi connectivity index (χ2n) is 11.2. The SMILES string of the molecule is CN1CCC(Nc2nc(Nc3cccc(NS(=O)(=O)C(C)(C)C)c3)cc(-c3cccc4c3CC(=O)N4)n2)CC1. The highest BCUT2D eigenvalue weighted by atomic mass is 32.2. The summed E-state index contributed by atoms with van der Waals surface area (Å²) in [6.45, 7) is 6.96. The molecule has 0 unspecified atom stereocenters. The quantitative estimate of drug-likeness (QED) is 0.341. The second-order valence-corrected chi connectivity index (χ2v) is 13.6. The van der Waals surface area contributed by atoms with E-state index in [2.05, 4.69) is 32.6 Å². The number of sulfonamides is 1. The number of carbonyl (C=O) groups is 1. The number of piperidine rings is 1. The van der Waals surface area contributed by atoms with Gasteiger partial charge in [-0.3, -0.25) is 9.52 Å².